The Morgan fingerprint density at radius 2 is 2.32 bits per heavy atom. The number of hydrogen-bond donors (Lipinski definition) is 0. The summed E-state index contributed by atoms with van der Waals surface area (Å²) in [6, 6.07) is 7.25. The lowest BCUT2D eigenvalue weighted by atomic mass is 10.2. The van der Waals surface area contributed by atoms with E-state index in [2.05, 4.69) is 11.9 Å². The minimum atomic E-state index is -0.0474. The van der Waals surface area contributed by atoms with E-state index in [4.69, 9.17) is 9.15 Å². The largest absolute Gasteiger partial charge is 0.467 e. The Balaban J connectivity index is 2.14. The topological polar surface area (TPSA) is 55.6 Å². The number of hydrogen-bond acceptors (Lipinski definition) is 5. The third-order valence-electron chi connectivity index (χ3n) is 3.05. The summed E-state index contributed by atoms with van der Waals surface area (Å²) in [5.74, 6) is 1.63. The second-order valence-electron chi connectivity index (χ2n) is 4.61. The molecule has 0 saturated heterocycles. The molecule has 6 heteroatoms. The number of carbonyl (C=O) groups excluding carboxylic acids is 1. The molecule has 0 aliphatic rings. The standard InChI is InChI=1S/C16H20N2O3S/c1-3-22-15-11-13(6-7-17-15)16(19)18(8-10-20-2)12-14-5-4-9-21-14/h4-7,9,11H,3,8,10,12H2,1-2H3. The number of pyridine rings is 1. The van der Waals surface area contributed by atoms with Crippen LogP contribution in [0.4, 0.5) is 0 Å². The van der Waals surface area contributed by atoms with Crippen LogP contribution in [0.1, 0.15) is 23.0 Å². The van der Waals surface area contributed by atoms with Gasteiger partial charge in [-0.15, -0.1) is 11.8 Å². The van der Waals surface area contributed by atoms with Gasteiger partial charge in [0.15, 0.2) is 0 Å². The summed E-state index contributed by atoms with van der Waals surface area (Å²) in [5, 5.41) is 0.859. The van der Waals surface area contributed by atoms with Crippen LogP contribution in [-0.2, 0) is 11.3 Å². The van der Waals surface area contributed by atoms with Crippen LogP contribution in [0.5, 0.6) is 0 Å². The van der Waals surface area contributed by atoms with Gasteiger partial charge in [0.05, 0.1) is 24.4 Å². The van der Waals surface area contributed by atoms with Crippen LogP contribution in [0.3, 0.4) is 0 Å². The number of rotatable bonds is 8. The highest BCUT2D eigenvalue weighted by molar-refractivity contribution is 7.99. The van der Waals surface area contributed by atoms with Gasteiger partial charge in [-0.2, -0.15) is 0 Å². The van der Waals surface area contributed by atoms with Crippen molar-refractivity contribution in [1.82, 2.24) is 9.88 Å². The predicted octanol–water partition coefficient (Wildman–Crippen LogP) is 3.08. The molecule has 2 aromatic heterocycles. The van der Waals surface area contributed by atoms with E-state index in [1.807, 2.05) is 18.2 Å². The van der Waals surface area contributed by atoms with Crippen LogP contribution in [0, 0.1) is 0 Å². The van der Waals surface area contributed by atoms with E-state index in [9.17, 15) is 4.79 Å². The molecule has 0 fully saturated rings. The molecule has 0 aliphatic heterocycles. The fourth-order valence-corrected chi connectivity index (χ4v) is 2.64. The third kappa shape index (κ3) is 4.61. The Kier molecular flexibility index (Phi) is 6.48. The summed E-state index contributed by atoms with van der Waals surface area (Å²) in [4.78, 5) is 18.7. The number of furan rings is 1. The minimum Gasteiger partial charge on any atom is -0.467 e. The van der Waals surface area contributed by atoms with Crippen LogP contribution in [0.25, 0.3) is 0 Å². The number of carbonyl (C=O) groups is 1. The molecule has 1 amide bonds. The number of methoxy groups -OCH3 is 1. The summed E-state index contributed by atoms with van der Waals surface area (Å²) in [6.45, 7) is 3.47. The first kappa shape index (κ1) is 16.6. The Hall–Kier alpha value is -1.79. The van der Waals surface area contributed by atoms with E-state index in [0.29, 0.717) is 25.3 Å². The van der Waals surface area contributed by atoms with Gasteiger partial charge in [-0.25, -0.2) is 4.98 Å². The normalized spacial score (nSPS) is 10.6. The molecular weight excluding hydrogens is 300 g/mol. The molecule has 0 saturated carbocycles. The summed E-state index contributed by atoms with van der Waals surface area (Å²) >= 11 is 1.62. The van der Waals surface area contributed by atoms with Crippen LogP contribution in [0.15, 0.2) is 46.2 Å². The van der Waals surface area contributed by atoms with E-state index in [1.165, 1.54) is 0 Å². The Morgan fingerprint density at radius 3 is 3.00 bits per heavy atom. The van der Waals surface area contributed by atoms with Gasteiger partial charge in [0.1, 0.15) is 5.76 Å². The minimum absolute atomic E-state index is 0.0474. The van der Waals surface area contributed by atoms with Gasteiger partial charge in [-0.3, -0.25) is 4.79 Å². The number of amides is 1. The van der Waals surface area contributed by atoms with Gasteiger partial charge in [0.25, 0.3) is 5.91 Å². The first-order valence-corrected chi connectivity index (χ1v) is 8.12. The molecule has 2 aromatic rings. The van der Waals surface area contributed by atoms with E-state index < -0.39 is 0 Å². The fraction of sp³-hybridized carbons (Fsp3) is 0.375. The lowest BCUT2D eigenvalue weighted by Crippen LogP contribution is -2.33. The van der Waals surface area contributed by atoms with Crippen LogP contribution >= 0.6 is 11.8 Å². The summed E-state index contributed by atoms with van der Waals surface area (Å²) in [5.41, 5.74) is 0.633. The third-order valence-corrected chi connectivity index (χ3v) is 3.86. The molecular formula is C16H20N2O3S. The average Bonchev–Trinajstić information content (AvgIpc) is 3.04. The maximum atomic E-state index is 12.7. The summed E-state index contributed by atoms with van der Waals surface area (Å²) in [6.07, 6.45) is 3.28. The molecule has 0 aliphatic carbocycles. The van der Waals surface area contributed by atoms with Crippen molar-refractivity contribution < 1.29 is 13.9 Å². The van der Waals surface area contributed by atoms with Crippen molar-refractivity contribution in [3.05, 3.63) is 48.0 Å². The molecule has 118 valence electrons. The molecule has 0 radical (unpaired) electrons. The first-order chi connectivity index (χ1) is 10.7. The van der Waals surface area contributed by atoms with Gasteiger partial charge < -0.3 is 14.1 Å². The second kappa shape index (κ2) is 8.60. The molecule has 2 rings (SSSR count). The van der Waals surface area contributed by atoms with Gasteiger partial charge in [0, 0.05) is 25.4 Å². The molecule has 0 unspecified atom stereocenters. The monoisotopic (exact) mass is 320 g/mol. The second-order valence-corrected chi connectivity index (χ2v) is 5.90. The van der Waals surface area contributed by atoms with E-state index >= 15 is 0 Å². The van der Waals surface area contributed by atoms with E-state index in [-0.39, 0.29) is 5.91 Å². The Labute approximate surface area is 134 Å². The quantitative estimate of drug-likeness (QED) is 0.700. The number of ether oxygens (including phenoxy) is 1. The van der Waals surface area contributed by atoms with E-state index in [1.54, 1.807) is 42.3 Å². The number of thioether (sulfide) groups is 1. The van der Waals surface area contributed by atoms with E-state index in [0.717, 1.165) is 16.5 Å². The SMILES string of the molecule is CCSc1cc(C(=O)N(CCOC)Cc2ccco2)ccn1. The zero-order chi connectivity index (χ0) is 15.8. The smallest absolute Gasteiger partial charge is 0.254 e. The highest BCUT2D eigenvalue weighted by atomic mass is 32.2. The maximum Gasteiger partial charge on any atom is 0.254 e. The first-order valence-electron chi connectivity index (χ1n) is 7.14. The van der Waals surface area contributed by atoms with Crippen LogP contribution in [-0.4, -0.2) is 41.8 Å². The highest BCUT2D eigenvalue weighted by Crippen LogP contribution is 2.17. The van der Waals surface area contributed by atoms with Crippen molar-refractivity contribution in [2.24, 2.45) is 0 Å². The molecule has 0 spiro atoms. The zero-order valence-electron chi connectivity index (χ0n) is 12.8. The zero-order valence-corrected chi connectivity index (χ0v) is 13.6. The molecule has 0 atom stereocenters. The molecule has 0 aromatic carbocycles. The maximum absolute atomic E-state index is 12.7. The van der Waals surface area contributed by atoms with Gasteiger partial charge in [-0.1, -0.05) is 6.92 Å². The molecule has 5 nitrogen and oxygen atoms in total. The number of aromatic nitrogens is 1. The predicted molar refractivity (Wildman–Crippen MR) is 86.0 cm³/mol. The van der Waals surface area contributed by atoms with Crippen molar-refractivity contribution in [3.63, 3.8) is 0 Å². The van der Waals surface area contributed by atoms with Crippen molar-refractivity contribution >= 4 is 17.7 Å². The summed E-state index contributed by atoms with van der Waals surface area (Å²) < 4.78 is 10.4. The van der Waals surface area contributed by atoms with Gasteiger partial charge in [0.2, 0.25) is 0 Å². The van der Waals surface area contributed by atoms with Crippen molar-refractivity contribution in [1.29, 1.82) is 0 Å². The van der Waals surface area contributed by atoms with Crippen LogP contribution < -0.4 is 0 Å². The van der Waals surface area contributed by atoms with Gasteiger partial charge >= 0.3 is 0 Å². The van der Waals surface area contributed by atoms with Crippen LogP contribution in [0.2, 0.25) is 0 Å². The number of nitrogens with zero attached hydrogens (tertiary/aromatic N) is 2. The Bertz CT molecular complexity index is 587. The lowest BCUT2D eigenvalue weighted by Gasteiger charge is -2.21. The van der Waals surface area contributed by atoms with Crippen molar-refractivity contribution in [2.45, 2.75) is 18.5 Å². The lowest BCUT2D eigenvalue weighted by molar-refractivity contribution is 0.0666. The molecule has 0 bridgehead atoms. The van der Waals surface area contributed by atoms with Gasteiger partial charge in [-0.05, 0) is 30.0 Å². The molecule has 2 heterocycles. The van der Waals surface area contributed by atoms with Crippen molar-refractivity contribution in [3.8, 4) is 0 Å². The highest BCUT2D eigenvalue weighted by Gasteiger charge is 2.17. The Morgan fingerprint density at radius 1 is 1.45 bits per heavy atom. The summed E-state index contributed by atoms with van der Waals surface area (Å²) in [7, 11) is 1.62. The van der Waals surface area contributed by atoms with Crippen molar-refractivity contribution in [2.75, 3.05) is 26.0 Å². The molecule has 22 heavy (non-hydrogen) atoms. The average molecular weight is 320 g/mol. The fourth-order valence-electron chi connectivity index (χ4n) is 2.00. The molecule has 0 N–H and O–H groups in total.